The molecule has 1 aliphatic rings. The molecule has 1 N–H and O–H groups in total. The molecule has 0 bridgehead atoms. The Bertz CT molecular complexity index is 1200. The number of carbonyl (C=O) groups is 3. The van der Waals surface area contributed by atoms with Gasteiger partial charge in [0.1, 0.15) is 6.54 Å². The van der Waals surface area contributed by atoms with Crippen LogP contribution in [0.2, 0.25) is 5.02 Å². The average molecular weight is 440 g/mol. The van der Waals surface area contributed by atoms with E-state index in [4.69, 9.17) is 11.6 Å². The number of thioether (sulfide) groups is 1. The summed E-state index contributed by atoms with van der Waals surface area (Å²) >= 11 is 6.88. The number of aromatic nitrogens is 1. The van der Waals surface area contributed by atoms with E-state index in [0.29, 0.717) is 15.6 Å². The molecule has 0 radical (unpaired) electrons. The predicted molar refractivity (Wildman–Crippen MR) is 120 cm³/mol. The van der Waals surface area contributed by atoms with Gasteiger partial charge in [0.15, 0.2) is 0 Å². The van der Waals surface area contributed by atoms with E-state index in [0.717, 1.165) is 39.7 Å². The highest BCUT2D eigenvalue weighted by Crippen LogP contribution is 2.34. The molecule has 3 aromatic rings. The lowest BCUT2D eigenvalue weighted by Crippen LogP contribution is -2.36. The highest BCUT2D eigenvalue weighted by atomic mass is 35.5. The number of hydrogen-bond donors (Lipinski definition) is 1. The minimum Gasteiger partial charge on any atom is -0.347 e. The van der Waals surface area contributed by atoms with Gasteiger partial charge < -0.3 is 9.88 Å². The van der Waals surface area contributed by atoms with Crippen LogP contribution in [-0.4, -0.2) is 33.1 Å². The number of imide groups is 1. The second-order valence-electron chi connectivity index (χ2n) is 6.68. The van der Waals surface area contributed by atoms with Crippen LogP contribution in [0.25, 0.3) is 17.0 Å². The van der Waals surface area contributed by atoms with Gasteiger partial charge in [-0.1, -0.05) is 41.9 Å². The first-order chi connectivity index (χ1) is 14.5. The summed E-state index contributed by atoms with van der Waals surface area (Å²) in [7, 11) is 0. The third kappa shape index (κ3) is 3.86. The lowest BCUT2D eigenvalue weighted by molar-refractivity contribution is -0.127. The Morgan fingerprint density at radius 3 is 2.63 bits per heavy atom. The summed E-state index contributed by atoms with van der Waals surface area (Å²) in [6, 6.07) is 14.7. The number of amides is 3. The van der Waals surface area contributed by atoms with Gasteiger partial charge in [0.2, 0.25) is 5.91 Å². The maximum atomic E-state index is 12.8. The second kappa shape index (κ2) is 8.38. The first-order valence-electron chi connectivity index (χ1n) is 9.35. The molecular weight excluding hydrogens is 422 g/mol. The van der Waals surface area contributed by atoms with Crippen molar-refractivity contribution in [2.75, 3.05) is 11.9 Å². The Labute approximate surface area is 182 Å². The molecule has 0 aliphatic carbocycles. The van der Waals surface area contributed by atoms with E-state index in [1.165, 1.54) is 0 Å². The van der Waals surface area contributed by atoms with Crippen molar-refractivity contribution in [1.82, 2.24) is 9.47 Å². The fraction of sp³-hybridized carbons (Fsp3) is 0.136. The average Bonchev–Trinajstić information content (AvgIpc) is 3.22. The highest BCUT2D eigenvalue weighted by molar-refractivity contribution is 8.18. The SMILES string of the molecule is CCn1cc(/C=C2/SC(=O)N(CC(=O)Nc3ccccc3Cl)C2=O)c2ccccc21. The summed E-state index contributed by atoms with van der Waals surface area (Å²) in [5.74, 6) is -0.970. The number of hydrogen-bond acceptors (Lipinski definition) is 4. The number of para-hydroxylation sites is 2. The summed E-state index contributed by atoms with van der Waals surface area (Å²) in [5.41, 5.74) is 2.35. The number of anilines is 1. The number of aryl methyl sites for hydroxylation is 1. The van der Waals surface area contributed by atoms with Crippen LogP contribution in [0.15, 0.2) is 59.6 Å². The lowest BCUT2D eigenvalue weighted by atomic mass is 10.1. The van der Waals surface area contributed by atoms with Crippen molar-refractivity contribution >= 4 is 63.1 Å². The van der Waals surface area contributed by atoms with E-state index in [-0.39, 0.29) is 6.54 Å². The normalized spacial score (nSPS) is 15.4. The molecule has 152 valence electrons. The summed E-state index contributed by atoms with van der Waals surface area (Å²) in [5, 5.41) is 3.54. The van der Waals surface area contributed by atoms with Gasteiger partial charge >= 0.3 is 0 Å². The van der Waals surface area contributed by atoms with Crippen molar-refractivity contribution < 1.29 is 14.4 Å². The summed E-state index contributed by atoms with van der Waals surface area (Å²) in [4.78, 5) is 38.8. The van der Waals surface area contributed by atoms with Gasteiger partial charge in [-0.3, -0.25) is 19.3 Å². The molecule has 0 saturated carbocycles. The number of rotatable bonds is 5. The molecule has 3 amide bonds. The Balaban J connectivity index is 1.54. The van der Waals surface area contributed by atoms with Crippen molar-refractivity contribution in [2.24, 2.45) is 0 Å². The first-order valence-corrected chi connectivity index (χ1v) is 10.5. The molecule has 1 aliphatic heterocycles. The second-order valence-corrected chi connectivity index (χ2v) is 8.08. The molecular formula is C22H18ClN3O3S. The first kappa shape index (κ1) is 20.3. The molecule has 0 atom stereocenters. The van der Waals surface area contributed by atoms with Crippen LogP contribution in [-0.2, 0) is 16.1 Å². The number of nitrogens with one attached hydrogen (secondary N) is 1. The fourth-order valence-electron chi connectivity index (χ4n) is 3.33. The van der Waals surface area contributed by atoms with E-state index in [1.807, 2.05) is 37.4 Å². The molecule has 1 fully saturated rings. The minimum absolute atomic E-state index is 0.296. The van der Waals surface area contributed by atoms with Gasteiger partial charge in [-0.2, -0.15) is 0 Å². The Morgan fingerprint density at radius 1 is 1.13 bits per heavy atom. The van der Waals surface area contributed by atoms with E-state index < -0.39 is 17.1 Å². The van der Waals surface area contributed by atoms with E-state index in [9.17, 15) is 14.4 Å². The molecule has 4 rings (SSSR count). The van der Waals surface area contributed by atoms with Crippen LogP contribution in [0.4, 0.5) is 10.5 Å². The quantitative estimate of drug-likeness (QED) is 0.568. The Morgan fingerprint density at radius 2 is 1.87 bits per heavy atom. The highest BCUT2D eigenvalue weighted by Gasteiger charge is 2.36. The molecule has 8 heteroatoms. The maximum absolute atomic E-state index is 12.8. The number of fused-ring (bicyclic) bond motifs is 1. The Kier molecular flexibility index (Phi) is 5.65. The maximum Gasteiger partial charge on any atom is 0.294 e. The zero-order valence-electron chi connectivity index (χ0n) is 16.1. The molecule has 0 spiro atoms. The van der Waals surface area contributed by atoms with Crippen LogP contribution >= 0.6 is 23.4 Å². The van der Waals surface area contributed by atoms with Crippen LogP contribution in [0, 0.1) is 0 Å². The van der Waals surface area contributed by atoms with Crippen LogP contribution in [0.1, 0.15) is 12.5 Å². The summed E-state index contributed by atoms with van der Waals surface area (Å²) < 4.78 is 2.09. The predicted octanol–water partition coefficient (Wildman–Crippen LogP) is 4.99. The van der Waals surface area contributed by atoms with Crippen LogP contribution < -0.4 is 5.32 Å². The Hall–Kier alpha value is -3.03. The van der Waals surface area contributed by atoms with Gasteiger partial charge in [0.25, 0.3) is 11.1 Å². The van der Waals surface area contributed by atoms with Crippen molar-refractivity contribution in [3.8, 4) is 0 Å². The van der Waals surface area contributed by atoms with Gasteiger partial charge in [-0.15, -0.1) is 0 Å². The van der Waals surface area contributed by atoms with Crippen molar-refractivity contribution in [1.29, 1.82) is 0 Å². The monoisotopic (exact) mass is 439 g/mol. The summed E-state index contributed by atoms with van der Waals surface area (Å²) in [6.45, 7) is 2.46. The molecule has 6 nitrogen and oxygen atoms in total. The van der Waals surface area contributed by atoms with Crippen LogP contribution in [0.5, 0.6) is 0 Å². The van der Waals surface area contributed by atoms with Gasteiger partial charge in [0, 0.05) is 29.2 Å². The number of carbonyl (C=O) groups excluding carboxylic acids is 3. The van der Waals surface area contributed by atoms with Crippen molar-refractivity contribution in [2.45, 2.75) is 13.5 Å². The third-order valence-electron chi connectivity index (χ3n) is 4.77. The van der Waals surface area contributed by atoms with Crippen LogP contribution in [0.3, 0.4) is 0 Å². The molecule has 2 aromatic carbocycles. The fourth-order valence-corrected chi connectivity index (χ4v) is 4.34. The topological polar surface area (TPSA) is 71.4 Å². The smallest absolute Gasteiger partial charge is 0.294 e. The number of halogens is 1. The molecule has 1 aromatic heterocycles. The number of benzene rings is 2. The third-order valence-corrected chi connectivity index (χ3v) is 6.01. The van der Waals surface area contributed by atoms with Gasteiger partial charge in [-0.25, -0.2) is 0 Å². The number of nitrogens with zero attached hydrogens (tertiary/aromatic N) is 2. The van der Waals surface area contributed by atoms with Crippen molar-refractivity contribution in [3.05, 3.63) is 70.2 Å². The van der Waals surface area contributed by atoms with Gasteiger partial charge in [-0.05, 0) is 43.0 Å². The van der Waals surface area contributed by atoms with E-state index >= 15 is 0 Å². The lowest BCUT2D eigenvalue weighted by Gasteiger charge is -2.13. The molecule has 0 unspecified atom stereocenters. The molecule has 30 heavy (non-hydrogen) atoms. The van der Waals surface area contributed by atoms with Crippen molar-refractivity contribution in [3.63, 3.8) is 0 Å². The summed E-state index contributed by atoms with van der Waals surface area (Å²) in [6.07, 6.45) is 3.67. The molecule has 1 saturated heterocycles. The standard InChI is InChI=1S/C22H18ClN3O3S/c1-2-25-12-14(15-7-3-6-10-18(15)25)11-19-21(28)26(22(29)30-19)13-20(27)24-17-9-5-4-8-16(17)23/h3-12H,2,13H2,1H3,(H,24,27)/b19-11+. The van der Waals surface area contributed by atoms with E-state index in [1.54, 1.807) is 30.3 Å². The zero-order chi connectivity index (χ0) is 21.3. The minimum atomic E-state index is -0.491. The largest absolute Gasteiger partial charge is 0.347 e. The van der Waals surface area contributed by atoms with Gasteiger partial charge in [0.05, 0.1) is 15.6 Å². The molecule has 2 heterocycles. The zero-order valence-corrected chi connectivity index (χ0v) is 17.7. The van der Waals surface area contributed by atoms with E-state index in [2.05, 4.69) is 9.88 Å².